The maximum absolute atomic E-state index is 11.6. The largest absolute Gasteiger partial charge is 0.481 e. The van der Waals surface area contributed by atoms with Gasteiger partial charge >= 0.3 is 5.97 Å². The third-order valence-corrected chi connectivity index (χ3v) is 3.39. The zero-order chi connectivity index (χ0) is 15.0. The maximum Gasteiger partial charge on any atom is 0.313 e. The van der Waals surface area contributed by atoms with Gasteiger partial charge in [-0.1, -0.05) is 42.0 Å². The minimum Gasteiger partial charge on any atom is -0.481 e. The summed E-state index contributed by atoms with van der Waals surface area (Å²) in [7, 11) is 0. The van der Waals surface area contributed by atoms with Crippen molar-refractivity contribution in [3.8, 4) is 0 Å². The average Bonchev–Trinajstić information content (AvgIpc) is 2.45. The van der Waals surface area contributed by atoms with E-state index in [9.17, 15) is 9.59 Å². The molecule has 0 bridgehead atoms. The van der Waals surface area contributed by atoms with Crippen molar-refractivity contribution in [3.63, 3.8) is 0 Å². The molecule has 1 unspecified atom stereocenters. The molecular formula is C17H22O3. The number of carbonyl (C=O) groups excluding carboxylic acids is 1. The van der Waals surface area contributed by atoms with Crippen LogP contribution in [0.4, 0.5) is 0 Å². The molecule has 20 heavy (non-hydrogen) atoms. The lowest BCUT2D eigenvalue weighted by atomic mass is 9.99. The van der Waals surface area contributed by atoms with Crippen LogP contribution in [0.3, 0.4) is 0 Å². The SMILES string of the molecule is C/C(=C\CCc1ccccc1)CCC(=O)C(C)C(=O)O. The van der Waals surface area contributed by atoms with Crippen LogP contribution in [0.15, 0.2) is 42.0 Å². The van der Waals surface area contributed by atoms with Gasteiger partial charge in [-0.15, -0.1) is 0 Å². The molecule has 0 spiro atoms. The zero-order valence-corrected chi connectivity index (χ0v) is 12.1. The summed E-state index contributed by atoms with van der Waals surface area (Å²) in [6.07, 6.45) is 5.01. The molecule has 3 heteroatoms. The summed E-state index contributed by atoms with van der Waals surface area (Å²) in [5.74, 6) is -2.14. The summed E-state index contributed by atoms with van der Waals surface area (Å²) < 4.78 is 0. The van der Waals surface area contributed by atoms with E-state index in [1.165, 1.54) is 12.5 Å². The van der Waals surface area contributed by atoms with Gasteiger partial charge in [0.15, 0.2) is 0 Å². The fourth-order valence-electron chi connectivity index (χ4n) is 1.91. The number of hydrogen-bond donors (Lipinski definition) is 1. The number of hydrogen-bond acceptors (Lipinski definition) is 2. The van der Waals surface area contributed by atoms with Crippen LogP contribution in [0.2, 0.25) is 0 Å². The number of carbonyl (C=O) groups is 2. The fourth-order valence-corrected chi connectivity index (χ4v) is 1.91. The number of aryl methyl sites for hydroxylation is 1. The highest BCUT2D eigenvalue weighted by molar-refractivity contribution is 5.97. The van der Waals surface area contributed by atoms with E-state index in [1.807, 2.05) is 25.1 Å². The normalized spacial score (nSPS) is 13.0. The third-order valence-electron chi connectivity index (χ3n) is 3.39. The molecule has 0 amide bonds. The van der Waals surface area contributed by atoms with Crippen LogP contribution in [0.5, 0.6) is 0 Å². The predicted molar refractivity (Wildman–Crippen MR) is 79.6 cm³/mol. The first kappa shape index (κ1) is 16.2. The van der Waals surface area contributed by atoms with Gasteiger partial charge < -0.3 is 5.11 Å². The molecule has 1 atom stereocenters. The van der Waals surface area contributed by atoms with E-state index in [0.717, 1.165) is 18.4 Å². The molecule has 3 nitrogen and oxygen atoms in total. The van der Waals surface area contributed by atoms with Gasteiger partial charge in [-0.25, -0.2) is 0 Å². The molecule has 0 heterocycles. The Bertz CT molecular complexity index is 474. The molecule has 0 saturated carbocycles. The molecular weight excluding hydrogens is 252 g/mol. The molecule has 0 aliphatic carbocycles. The first-order valence-electron chi connectivity index (χ1n) is 6.95. The van der Waals surface area contributed by atoms with Crippen LogP contribution in [0, 0.1) is 5.92 Å². The number of Topliss-reactive ketones (excluding diaryl/α,β-unsaturated/α-hetero) is 1. The first-order chi connectivity index (χ1) is 9.50. The van der Waals surface area contributed by atoms with Crippen LogP contribution in [0.25, 0.3) is 0 Å². The Morgan fingerprint density at radius 3 is 2.45 bits per heavy atom. The van der Waals surface area contributed by atoms with Gasteiger partial charge in [0.2, 0.25) is 0 Å². The second-order valence-corrected chi connectivity index (χ2v) is 5.10. The van der Waals surface area contributed by atoms with E-state index in [4.69, 9.17) is 5.11 Å². The summed E-state index contributed by atoms with van der Waals surface area (Å²) in [4.78, 5) is 22.3. The highest BCUT2D eigenvalue weighted by atomic mass is 16.4. The van der Waals surface area contributed by atoms with E-state index >= 15 is 0 Å². The maximum atomic E-state index is 11.6. The number of carboxylic acids is 1. The summed E-state index contributed by atoms with van der Waals surface area (Å²) in [6.45, 7) is 3.43. The van der Waals surface area contributed by atoms with Crippen molar-refractivity contribution in [2.24, 2.45) is 5.92 Å². The Morgan fingerprint density at radius 1 is 1.20 bits per heavy atom. The van der Waals surface area contributed by atoms with Gasteiger partial charge in [0.1, 0.15) is 11.7 Å². The molecule has 0 saturated heterocycles. The lowest BCUT2D eigenvalue weighted by molar-refractivity contribution is -0.145. The standard InChI is InChI=1S/C17H22O3/c1-13(11-12-16(18)14(2)17(19)20)7-6-10-15-8-4-3-5-9-15/h3-5,7-9,14H,6,10-12H2,1-2H3,(H,19,20)/b13-7+. The molecule has 0 radical (unpaired) electrons. The summed E-state index contributed by atoms with van der Waals surface area (Å²) in [5.41, 5.74) is 2.44. The molecule has 0 aromatic heterocycles. The zero-order valence-electron chi connectivity index (χ0n) is 12.1. The van der Waals surface area contributed by atoms with Crippen molar-refractivity contribution in [1.82, 2.24) is 0 Å². The quantitative estimate of drug-likeness (QED) is 0.581. The summed E-state index contributed by atoms with van der Waals surface area (Å²) in [5, 5.41) is 8.75. The number of rotatable bonds is 8. The van der Waals surface area contributed by atoms with Crippen LogP contribution >= 0.6 is 0 Å². The predicted octanol–water partition coefficient (Wildman–Crippen LogP) is 3.64. The smallest absolute Gasteiger partial charge is 0.313 e. The lowest BCUT2D eigenvalue weighted by Crippen LogP contribution is -2.20. The monoisotopic (exact) mass is 274 g/mol. The fraction of sp³-hybridized carbons (Fsp3) is 0.412. The second kappa shape index (κ2) is 8.31. The van der Waals surface area contributed by atoms with Crippen molar-refractivity contribution in [2.45, 2.75) is 39.5 Å². The summed E-state index contributed by atoms with van der Waals surface area (Å²) >= 11 is 0. The molecule has 0 aliphatic heterocycles. The Kier molecular flexibility index (Phi) is 6.71. The van der Waals surface area contributed by atoms with E-state index in [1.54, 1.807) is 0 Å². The topological polar surface area (TPSA) is 54.4 Å². The lowest BCUT2D eigenvalue weighted by Gasteiger charge is -2.05. The highest BCUT2D eigenvalue weighted by Crippen LogP contribution is 2.11. The van der Waals surface area contributed by atoms with E-state index in [0.29, 0.717) is 12.8 Å². The van der Waals surface area contributed by atoms with Crippen molar-refractivity contribution in [2.75, 3.05) is 0 Å². The first-order valence-corrected chi connectivity index (χ1v) is 6.95. The van der Waals surface area contributed by atoms with Crippen molar-refractivity contribution in [3.05, 3.63) is 47.5 Å². The van der Waals surface area contributed by atoms with Gasteiger partial charge in [-0.3, -0.25) is 9.59 Å². The highest BCUT2D eigenvalue weighted by Gasteiger charge is 2.19. The molecule has 108 valence electrons. The van der Waals surface area contributed by atoms with Crippen molar-refractivity contribution in [1.29, 1.82) is 0 Å². The Morgan fingerprint density at radius 2 is 1.85 bits per heavy atom. The molecule has 1 rings (SSSR count). The Hall–Kier alpha value is -1.90. The van der Waals surface area contributed by atoms with E-state index < -0.39 is 11.9 Å². The van der Waals surface area contributed by atoms with Gasteiger partial charge in [-0.2, -0.15) is 0 Å². The molecule has 1 aromatic carbocycles. The number of benzene rings is 1. The number of ketones is 1. The molecule has 1 N–H and O–H groups in total. The van der Waals surface area contributed by atoms with Crippen LogP contribution in [-0.4, -0.2) is 16.9 Å². The minimum absolute atomic E-state index is 0.201. The average molecular weight is 274 g/mol. The van der Waals surface area contributed by atoms with Crippen LogP contribution < -0.4 is 0 Å². The van der Waals surface area contributed by atoms with Gasteiger partial charge in [0.25, 0.3) is 0 Å². The van der Waals surface area contributed by atoms with E-state index in [2.05, 4.69) is 18.2 Å². The number of aliphatic carboxylic acids is 1. The number of allylic oxidation sites excluding steroid dienone is 2. The van der Waals surface area contributed by atoms with Gasteiger partial charge in [-0.05, 0) is 38.7 Å². The van der Waals surface area contributed by atoms with Gasteiger partial charge in [0, 0.05) is 6.42 Å². The van der Waals surface area contributed by atoms with Crippen LogP contribution in [0.1, 0.15) is 38.7 Å². The van der Waals surface area contributed by atoms with Crippen molar-refractivity contribution < 1.29 is 14.7 Å². The Labute approximate surface area is 120 Å². The number of carboxylic acid groups (broad SMARTS) is 1. The molecule has 0 aliphatic rings. The second-order valence-electron chi connectivity index (χ2n) is 5.10. The molecule has 1 aromatic rings. The third kappa shape index (κ3) is 5.83. The van der Waals surface area contributed by atoms with Gasteiger partial charge in [0.05, 0.1) is 0 Å². The Balaban J connectivity index is 2.32. The van der Waals surface area contributed by atoms with E-state index in [-0.39, 0.29) is 5.78 Å². The minimum atomic E-state index is -1.04. The summed E-state index contributed by atoms with van der Waals surface area (Å²) in [6, 6.07) is 10.2. The van der Waals surface area contributed by atoms with Crippen molar-refractivity contribution >= 4 is 11.8 Å². The van der Waals surface area contributed by atoms with Crippen LogP contribution in [-0.2, 0) is 16.0 Å². The molecule has 0 fully saturated rings.